The van der Waals surface area contributed by atoms with Crippen molar-refractivity contribution in [3.8, 4) is 11.5 Å². The van der Waals surface area contributed by atoms with Gasteiger partial charge in [0.1, 0.15) is 13.2 Å². The Kier molecular flexibility index (Phi) is 4.97. The van der Waals surface area contributed by atoms with Gasteiger partial charge in [0, 0.05) is 23.9 Å². The van der Waals surface area contributed by atoms with Gasteiger partial charge in [0.05, 0.1) is 17.1 Å². The van der Waals surface area contributed by atoms with E-state index in [1.807, 2.05) is 34.4 Å². The number of likely N-dealkylation sites (tertiary alicyclic amines) is 1. The standard InChI is InChI=1S/C22H26N2O3S/c25-21(14-15-5-6-18-19(13-15)27-12-11-26-18)24-9-7-16(8-10-24)22-23-17-3-1-2-4-20(17)28-22/h5-6,13,16H,1-4,7-12,14H2. The Morgan fingerprint density at radius 3 is 2.71 bits per heavy atom. The molecule has 5 nitrogen and oxygen atoms in total. The fourth-order valence-electron chi connectivity index (χ4n) is 4.41. The summed E-state index contributed by atoms with van der Waals surface area (Å²) in [6.07, 6.45) is 7.42. The summed E-state index contributed by atoms with van der Waals surface area (Å²) < 4.78 is 11.2. The summed E-state index contributed by atoms with van der Waals surface area (Å²) in [4.78, 5) is 21.2. The summed E-state index contributed by atoms with van der Waals surface area (Å²) in [5, 5.41) is 1.31. The molecule has 148 valence electrons. The number of carbonyl (C=O) groups excluding carboxylic acids is 1. The second-order valence-electron chi connectivity index (χ2n) is 7.94. The van der Waals surface area contributed by atoms with E-state index in [2.05, 4.69) is 0 Å². The van der Waals surface area contributed by atoms with Gasteiger partial charge < -0.3 is 14.4 Å². The molecule has 0 radical (unpaired) electrons. The van der Waals surface area contributed by atoms with E-state index in [0.717, 1.165) is 49.4 Å². The third kappa shape index (κ3) is 3.62. The molecule has 1 amide bonds. The number of hydrogen-bond donors (Lipinski definition) is 0. The number of hydrogen-bond acceptors (Lipinski definition) is 5. The molecule has 0 atom stereocenters. The molecule has 1 aromatic carbocycles. The maximum Gasteiger partial charge on any atom is 0.226 e. The second kappa shape index (κ2) is 7.74. The minimum atomic E-state index is 0.202. The van der Waals surface area contributed by atoms with Gasteiger partial charge in [0.25, 0.3) is 0 Å². The van der Waals surface area contributed by atoms with Crippen LogP contribution >= 0.6 is 11.3 Å². The Balaban J connectivity index is 1.18. The number of fused-ring (bicyclic) bond motifs is 2. The normalized spacial score (nSPS) is 19.4. The first-order valence-electron chi connectivity index (χ1n) is 10.4. The number of nitrogens with zero attached hydrogens (tertiary/aromatic N) is 2. The van der Waals surface area contributed by atoms with Crippen LogP contribution in [0.15, 0.2) is 18.2 Å². The van der Waals surface area contributed by atoms with E-state index in [4.69, 9.17) is 14.5 Å². The van der Waals surface area contributed by atoms with Crippen molar-refractivity contribution in [3.05, 3.63) is 39.3 Å². The zero-order valence-electron chi connectivity index (χ0n) is 16.1. The molecule has 0 spiro atoms. The summed E-state index contributed by atoms with van der Waals surface area (Å²) in [5.41, 5.74) is 2.34. The van der Waals surface area contributed by atoms with Crippen molar-refractivity contribution >= 4 is 17.2 Å². The van der Waals surface area contributed by atoms with Gasteiger partial charge in [-0.05, 0) is 56.2 Å². The lowest BCUT2D eigenvalue weighted by molar-refractivity contribution is -0.131. The van der Waals surface area contributed by atoms with E-state index in [0.29, 0.717) is 25.6 Å². The molecule has 2 aromatic rings. The molecular weight excluding hydrogens is 372 g/mol. The Morgan fingerprint density at radius 2 is 1.89 bits per heavy atom. The van der Waals surface area contributed by atoms with Crippen molar-refractivity contribution in [2.45, 2.75) is 50.9 Å². The maximum atomic E-state index is 12.8. The number of benzene rings is 1. The molecule has 1 aliphatic carbocycles. The van der Waals surface area contributed by atoms with Gasteiger partial charge in [-0.15, -0.1) is 11.3 Å². The Bertz CT molecular complexity index is 847. The van der Waals surface area contributed by atoms with Crippen LogP contribution in [0.25, 0.3) is 0 Å². The lowest BCUT2D eigenvalue weighted by atomic mass is 9.96. The fourth-order valence-corrected chi connectivity index (χ4v) is 5.73. The first-order valence-corrected chi connectivity index (χ1v) is 11.2. The molecule has 0 unspecified atom stereocenters. The molecule has 2 aliphatic heterocycles. The molecule has 0 saturated carbocycles. The third-order valence-electron chi connectivity index (χ3n) is 6.02. The van der Waals surface area contributed by atoms with Crippen molar-refractivity contribution in [2.75, 3.05) is 26.3 Å². The van der Waals surface area contributed by atoms with Gasteiger partial charge in [-0.2, -0.15) is 0 Å². The molecule has 28 heavy (non-hydrogen) atoms. The number of aromatic nitrogens is 1. The van der Waals surface area contributed by atoms with Crippen LogP contribution < -0.4 is 9.47 Å². The summed E-state index contributed by atoms with van der Waals surface area (Å²) >= 11 is 1.93. The van der Waals surface area contributed by atoms with E-state index < -0.39 is 0 Å². The van der Waals surface area contributed by atoms with Crippen molar-refractivity contribution in [1.82, 2.24) is 9.88 Å². The van der Waals surface area contributed by atoms with E-state index in [1.54, 1.807) is 0 Å². The molecule has 3 aliphatic rings. The van der Waals surface area contributed by atoms with Crippen LogP contribution in [0.1, 0.15) is 52.7 Å². The van der Waals surface area contributed by atoms with E-state index in [9.17, 15) is 4.79 Å². The largest absolute Gasteiger partial charge is 0.486 e. The zero-order valence-corrected chi connectivity index (χ0v) is 16.9. The molecule has 0 bridgehead atoms. The van der Waals surface area contributed by atoms with Crippen LogP contribution in [0.5, 0.6) is 11.5 Å². The summed E-state index contributed by atoms with van der Waals surface area (Å²) in [5.74, 6) is 2.25. The molecule has 1 fully saturated rings. The molecule has 1 aromatic heterocycles. The second-order valence-corrected chi connectivity index (χ2v) is 9.05. The predicted octanol–water partition coefficient (Wildman–Crippen LogP) is 3.74. The van der Waals surface area contributed by atoms with Gasteiger partial charge in [-0.3, -0.25) is 4.79 Å². The maximum absolute atomic E-state index is 12.8. The number of ether oxygens (including phenoxy) is 2. The topological polar surface area (TPSA) is 51.7 Å². The van der Waals surface area contributed by atoms with E-state index >= 15 is 0 Å². The van der Waals surface area contributed by atoms with Gasteiger partial charge in [0.15, 0.2) is 11.5 Å². The Morgan fingerprint density at radius 1 is 1.11 bits per heavy atom. The van der Waals surface area contributed by atoms with Crippen LogP contribution in [-0.2, 0) is 24.1 Å². The Labute approximate surface area is 169 Å². The van der Waals surface area contributed by atoms with Crippen molar-refractivity contribution in [2.24, 2.45) is 0 Å². The number of piperidine rings is 1. The zero-order chi connectivity index (χ0) is 18.9. The van der Waals surface area contributed by atoms with Crippen molar-refractivity contribution < 1.29 is 14.3 Å². The van der Waals surface area contributed by atoms with Gasteiger partial charge in [0.2, 0.25) is 5.91 Å². The van der Waals surface area contributed by atoms with Crippen LogP contribution in [0.3, 0.4) is 0 Å². The minimum Gasteiger partial charge on any atom is -0.486 e. The number of aryl methyl sites for hydroxylation is 2. The average Bonchev–Trinajstić information content (AvgIpc) is 3.18. The monoisotopic (exact) mass is 398 g/mol. The smallest absolute Gasteiger partial charge is 0.226 e. The van der Waals surface area contributed by atoms with Crippen LogP contribution in [-0.4, -0.2) is 42.1 Å². The van der Waals surface area contributed by atoms with Crippen LogP contribution in [0.2, 0.25) is 0 Å². The van der Waals surface area contributed by atoms with Gasteiger partial charge in [-0.25, -0.2) is 4.98 Å². The first-order chi connectivity index (χ1) is 13.8. The molecule has 5 rings (SSSR count). The highest BCUT2D eigenvalue weighted by Gasteiger charge is 2.27. The SMILES string of the molecule is O=C(Cc1ccc2c(c1)OCCO2)N1CCC(c2nc3c(s2)CCCC3)CC1. The number of thiazole rings is 1. The van der Waals surface area contributed by atoms with Crippen molar-refractivity contribution in [3.63, 3.8) is 0 Å². The number of carbonyl (C=O) groups is 1. The van der Waals surface area contributed by atoms with E-state index in [-0.39, 0.29) is 5.91 Å². The van der Waals surface area contributed by atoms with Crippen LogP contribution in [0, 0.1) is 0 Å². The highest BCUT2D eigenvalue weighted by Crippen LogP contribution is 2.36. The predicted molar refractivity (Wildman–Crippen MR) is 108 cm³/mol. The summed E-state index contributed by atoms with van der Waals surface area (Å²) in [7, 11) is 0. The average molecular weight is 399 g/mol. The Hall–Kier alpha value is -2.08. The summed E-state index contributed by atoms with van der Waals surface area (Å²) in [6, 6.07) is 5.82. The lowest BCUT2D eigenvalue weighted by Gasteiger charge is -2.31. The van der Waals surface area contributed by atoms with Crippen LogP contribution in [0.4, 0.5) is 0 Å². The van der Waals surface area contributed by atoms with Crippen molar-refractivity contribution in [1.29, 1.82) is 0 Å². The van der Waals surface area contributed by atoms with E-state index in [1.165, 1.54) is 34.8 Å². The summed E-state index contributed by atoms with van der Waals surface area (Å²) in [6.45, 7) is 2.82. The molecule has 6 heteroatoms. The first kappa shape index (κ1) is 18.0. The fraction of sp³-hybridized carbons (Fsp3) is 0.545. The van der Waals surface area contributed by atoms with Gasteiger partial charge >= 0.3 is 0 Å². The quantitative estimate of drug-likeness (QED) is 0.790. The van der Waals surface area contributed by atoms with Gasteiger partial charge in [-0.1, -0.05) is 6.07 Å². The lowest BCUT2D eigenvalue weighted by Crippen LogP contribution is -2.38. The molecule has 3 heterocycles. The minimum absolute atomic E-state index is 0.202. The highest BCUT2D eigenvalue weighted by molar-refractivity contribution is 7.11. The molecular formula is C22H26N2O3S. The highest BCUT2D eigenvalue weighted by atomic mass is 32.1. The molecule has 0 N–H and O–H groups in total. The number of rotatable bonds is 3. The number of amides is 1. The third-order valence-corrected chi connectivity index (χ3v) is 7.34. The molecule has 1 saturated heterocycles.